The van der Waals surface area contributed by atoms with E-state index in [0.29, 0.717) is 0 Å². The van der Waals surface area contributed by atoms with Crippen LogP contribution in [0.15, 0.2) is 48.5 Å². The number of hydrogen-bond acceptors (Lipinski definition) is 11. The minimum absolute atomic E-state index is 0.108. The summed E-state index contributed by atoms with van der Waals surface area (Å²) in [4.78, 5) is 9.02. The lowest BCUT2D eigenvalue weighted by Gasteiger charge is -2.37. The molecule has 0 atom stereocenters. The molecular weight excluding hydrogens is 413 g/mol. The van der Waals surface area contributed by atoms with Gasteiger partial charge in [0.05, 0.1) is 36.1 Å². The standard InChI is InChI=1S/C16H24B6N10O/c1-29-11-31(15-9-5-3-7-13(15)29)19-23-17-25-21(27-19)33-22-26-18-24-20(28-22)32-12-30(2)14-8-4-6-10-16(14)32/h3-10,23-28H,11-12H2,1-2H3. The first-order chi connectivity index (χ1) is 16.2. The van der Waals surface area contributed by atoms with Gasteiger partial charge in [-0.15, -0.1) is 0 Å². The van der Waals surface area contributed by atoms with Crippen LogP contribution < -0.4 is 50.3 Å². The van der Waals surface area contributed by atoms with Crippen LogP contribution in [0.25, 0.3) is 0 Å². The highest BCUT2D eigenvalue weighted by Gasteiger charge is 2.43. The van der Waals surface area contributed by atoms with Crippen LogP contribution in [-0.4, -0.2) is 71.1 Å². The average Bonchev–Trinajstić information content (AvgIpc) is 3.37. The molecule has 162 valence electrons. The van der Waals surface area contributed by atoms with Crippen molar-refractivity contribution in [2.75, 3.05) is 46.9 Å². The predicted molar refractivity (Wildman–Crippen MR) is 139 cm³/mol. The number of hydrogen-bond donors (Lipinski definition) is 6. The highest BCUT2D eigenvalue weighted by atomic mass is 16.4. The number of nitrogens with zero attached hydrogens (tertiary/aromatic N) is 4. The van der Waals surface area contributed by atoms with Crippen LogP contribution in [0.5, 0.6) is 0 Å². The summed E-state index contributed by atoms with van der Waals surface area (Å²) in [5.74, 6) is 0. The van der Waals surface area contributed by atoms with Crippen molar-refractivity contribution in [3.05, 3.63) is 48.5 Å². The van der Waals surface area contributed by atoms with Crippen LogP contribution in [0.2, 0.25) is 0 Å². The van der Waals surface area contributed by atoms with Gasteiger partial charge in [-0.1, -0.05) is 24.3 Å². The monoisotopic (exact) mass is 438 g/mol. The summed E-state index contributed by atoms with van der Waals surface area (Å²) in [6.45, 7) is 1.57. The molecule has 0 spiro atoms. The third kappa shape index (κ3) is 3.99. The van der Waals surface area contributed by atoms with E-state index in [-0.39, 0.29) is 28.6 Å². The number of benzene rings is 2. The van der Waals surface area contributed by atoms with E-state index in [1.165, 1.54) is 22.7 Å². The van der Waals surface area contributed by atoms with E-state index in [9.17, 15) is 0 Å². The molecule has 0 aromatic heterocycles. The van der Waals surface area contributed by atoms with Gasteiger partial charge >= 0.3 is 28.6 Å². The Hall–Kier alpha value is -2.25. The van der Waals surface area contributed by atoms with Gasteiger partial charge < -0.3 is 54.8 Å². The van der Waals surface area contributed by atoms with Gasteiger partial charge in [-0.25, -0.2) is 0 Å². The Morgan fingerprint density at radius 3 is 1.55 bits per heavy atom. The molecule has 0 bridgehead atoms. The molecule has 2 aromatic rings. The van der Waals surface area contributed by atoms with Crippen LogP contribution >= 0.6 is 0 Å². The normalized spacial score (nSPS) is 20.2. The minimum Gasteiger partial charge on any atom is -0.447 e. The number of fused-ring (bicyclic) bond motifs is 2. The summed E-state index contributed by atoms with van der Waals surface area (Å²) in [5, 5.41) is 20.1. The fourth-order valence-electron chi connectivity index (χ4n) is 4.80. The van der Waals surface area contributed by atoms with Gasteiger partial charge in [0.1, 0.15) is 0 Å². The van der Waals surface area contributed by atoms with Crippen molar-refractivity contribution in [2.24, 2.45) is 0 Å². The summed E-state index contributed by atoms with van der Waals surface area (Å²) < 4.78 is 6.27. The molecule has 4 heterocycles. The molecule has 2 fully saturated rings. The quantitative estimate of drug-likeness (QED) is 0.285. The largest absolute Gasteiger partial charge is 0.447 e. The average molecular weight is 437 g/mol. The Morgan fingerprint density at radius 2 is 1.09 bits per heavy atom. The number of anilines is 4. The summed E-state index contributed by atoms with van der Waals surface area (Å²) >= 11 is 0. The Morgan fingerprint density at radius 1 is 0.667 bits per heavy atom. The molecule has 6 rings (SSSR count). The van der Waals surface area contributed by atoms with Gasteiger partial charge in [0.15, 0.2) is 0 Å². The summed E-state index contributed by atoms with van der Waals surface area (Å²) in [7, 11) is 6.88. The molecule has 2 aromatic carbocycles. The Labute approximate surface area is 197 Å². The van der Waals surface area contributed by atoms with Crippen molar-refractivity contribution in [1.82, 2.24) is 30.8 Å². The maximum absolute atomic E-state index is 6.27. The molecule has 4 aliphatic heterocycles. The molecular formula is C16H24B6N10O. The van der Waals surface area contributed by atoms with Crippen LogP contribution in [0, 0.1) is 0 Å². The van der Waals surface area contributed by atoms with Crippen LogP contribution in [0.1, 0.15) is 0 Å². The third-order valence-electron chi connectivity index (χ3n) is 6.40. The first-order valence-corrected chi connectivity index (χ1v) is 11.2. The zero-order valence-corrected chi connectivity index (χ0v) is 18.7. The van der Waals surface area contributed by atoms with E-state index in [4.69, 9.17) is 4.57 Å². The first kappa shape index (κ1) is 21.3. The topological polar surface area (TPSA) is 94.4 Å². The van der Waals surface area contributed by atoms with Crippen molar-refractivity contribution >= 4 is 66.5 Å². The molecule has 2 saturated heterocycles. The Bertz CT molecular complexity index is 932. The summed E-state index contributed by atoms with van der Waals surface area (Å²) in [5.41, 5.74) is 4.80. The molecule has 0 unspecified atom stereocenters. The highest BCUT2D eigenvalue weighted by Crippen LogP contribution is 2.35. The third-order valence-corrected chi connectivity index (χ3v) is 6.40. The van der Waals surface area contributed by atoms with Crippen LogP contribution in [0.4, 0.5) is 22.7 Å². The lowest BCUT2D eigenvalue weighted by atomic mass is 9.66. The van der Waals surface area contributed by atoms with Gasteiger partial charge in [-0.3, -0.25) is 0 Å². The second-order valence-electron chi connectivity index (χ2n) is 8.59. The van der Waals surface area contributed by atoms with Gasteiger partial charge in [0.25, 0.3) is 15.1 Å². The number of nitrogens with one attached hydrogen (secondary N) is 6. The smallest absolute Gasteiger partial charge is 0.440 e. The van der Waals surface area contributed by atoms with Crippen molar-refractivity contribution in [3.8, 4) is 0 Å². The summed E-state index contributed by atoms with van der Waals surface area (Å²) in [6, 6.07) is 16.8. The van der Waals surface area contributed by atoms with E-state index in [1.54, 1.807) is 0 Å². The van der Waals surface area contributed by atoms with Gasteiger partial charge in [0, 0.05) is 14.1 Å². The van der Waals surface area contributed by atoms with E-state index in [0.717, 1.165) is 13.3 Å². The lowest BCUT2D eigenvalue weighted by molar-refractivity contribution is 0.549. The van der Waals surface area contributed by atoms with Crippen LogP contribution in [-0.2, 0) is 4.57 Å². The molecule has 0 aliphatic carbocycles. The fourth-order valence-corrected chi connectivity index (χ4v) is 4.80. The van der Waals surface area contributed by atoms with Crippen molar-refractivity contribution in [2.45, 2.75) is 0 Å². The van der Waals surface area contributed by atoms with E-state index in [1.807, 2.05) is 15.1 Å². The van der Waals surface area contributed by atoms with E-state index >= 15 is 0 Å². The van der Waals surface area contributed by atoms with E-state index in [2.05, 4.69) is 113 Å². The molecule has 0 saturated carbocycles. The van der Waals surface area contributed by atoms with Gasteiger partial charge in [-0.05, 0) is 24.3 Å². The Balaban J connectivity index is 1.10. The number of rotatable bonds is 4. The highest BCUT2D eigenvalue weighted by molar-refractivity contribution is 6.87. The van der Waals surface area contributed by atoms with Crippen molar-refractivity contribution in [3.63, 3.8) is 0 Å². The SMILES string of the molecule is CN1CN(B2N[B]NB(OB3N[B]NB(N4CN(C)c5ccccc54)N3)N2)c2ccccc21. The predicted octanol–water partition coefficient (Wildman–Crippen LogP) is -2.60. The van der Waals surface area contributed by atoms with Crippen molar-refractivity contribution in [1.29, 1.82) is 0 Å². The molecule has 6 N–H and O–H groups in total. The van der Waals surface area contributed by atoms with Crippen LogP contribution in [0.3, 0.4) is 0 Å². The molecule has 33 heavy (non-hydrogen) atoms. The maximum atomic E-state index is 6.27. The molecule has 4 aliphatic rings. The van der Waals surface area contributed by atoms with E-state index < -0.39 is 0 Å². The second-order valence-corrected chi connectivity index (χ2v) is 8.59. The molecule has 17 heteroatoms. The van der Waals surface area contributed by atoms with Crippen molar-refractivity contribution < 1.29 is 4.57 Å². The maximum Gasteiger partial charge on any atom is 0.440 e. The molecule has 2 radical (unpaired) electrons. The zero-order chi connectivity index (χ0) is 22.4. The zero-order valence-electron chi connectivity index (χ0n) is 18.7. The first-order valence-electron chi connectivity index (χ1n) is 11.2. The molecule has 11 nitrogen and oxygen atoms in total. The van der Waals surface area contributed by atoms with Gasteiger partial charge in [-0.2, -0.15) is 0 Å². The minimum atomic E-state index is -0.389. The van der Waals surface area contributed by atoms with Gasteiger partial charge in [0.2, 0.25) is 0 Å². The molecule has 0 amide bonds. The lowest BCUT2D eigenvalue weighted by Crippen LogP contribution is -2.81. The summed E-state index contributed by atoms with van der Waals surface area (Å²) in [6.07, 6.45) is 0. The Kier molecular flexibility index (Phi) is 5.70. The second kappa shape index (κ2) is 8.84. The number of para-hydroxylation sites is 4. The fraction of sp³-hybridized carbons (Fsp3) is 0.250.